The van der Waals surface area contributed by atoms with E-state index in [-0.39, 0.29) is 11.7 Å². The topological polar surface area (TPSA) is 60.1 Å². The molecule has 0 saturated carbocycles. The summed E-state index contributed by atoms with van der Waals surface area (Å²) in [5, 5.41) is 7.38. The maximum atomic E-state index is 13.1. The van der Waals surface area contributed by atoms with Crippen molar-refractivity contribution in [3.05, 3.63) is 89.6 Å². The molecule has 4 aromatic rings. The van der Waals surface area contributed by atoms with Gasteiger partial charge in [0.1, 0.15) is 17.2 Å². The minimum absolute atomic E-state index is 0.350. The smallest absolute Gasteiger partial charge is 0.274 e. The Morgan fingerprint density at radius 2 is 1.86 bits per heavy atom. The SMILES string of the molecule is Cc1ccc(-n2nc(-c3ccco3)cc2C(=O)Nc2ccc(F)cc2)c(C)c1. The summed E-state index contributed by atoms with van der Waals surface area (Å²) in [6.45, 7) is 3.98. The zero-order chi connectivity index (χ0) is 19.7. The lowest BCUT2D eigenvalue weighted by atomic mass is 10.1. The Hall–Kier alpha value is -3.67. The number of anilines is 1. The van der Waals surface area contributed by atoms with Crippen LogP contribution < -0.4 is 5.32 Å². The average Bonchev–Trinajstić information content (AvgIpc) is 3.33. The van der Waals surface area contributed by atoms with Crippen LogP contribution in [-0.4, -0.2) is 15.7 Å². The van der Waals surface area contributed by atoms with Gasteiger partial charge in [-0.3, -0.25) is 4.79 Å². The van der Waals surface area contributed by atoms with Crippen LogP contribution in [-0.2, 0) is 0 Å². The Kier molecular flexibility index (Phi) is 4.53. The van der Waals surface area contributed by atoms with E-state index in [1.807, 2.05) is 32.0 Å². The Morgan fingerprint density at radius 1 is 1.07 bits per heavy atom. The number of halogens is 1. The highest BCUT2D eigenvalue weighted by Gasteiger charge is 2.20. The van der Waals surface area contributed by atoms with Crippen molar-refractivity contribution in [2.24, 2.45) is 0 Å². The quantitative estimate of drug-likeness (QED) is 0.537. The summed E-state index contributed by atoms with van der Waals surface area (Å²) in [5.41, 5.74) is 4.31. The highest BCUT2D eigenvalue weighted by Crippen LogP contribution is 2.25. The largest absolute Gasteiger partial charge is 0.463 e. The molecule has 0 atom stereocenters. The minimum Gasteiger partial charge on any atom is -0.463 e. The van der Waals surface area contributed by atoms with E-state index >= 15 is 0 Å². The fourth-order valence-electron chi connectivity index (χ4n) is 3.04. The summed E-state index contributed by atoms with van der Waals surface area (Å²) in [4.78, 5) is 13.0. The molecule has 1 amide bonds. The van der Waals surface area contributed by atoms with Gasteiger partial charge in [0.05, 0.1) is 12.0 Å². The van der Waals surface area contributed by atoms with Crippen LogP contribution in [0.25, 0.3) is 17.1 Å². The van der Waals surface area contributed by atoms with E-state index < -0.39 is 0 Å². The Labute approximate surface area is 161 Å². The fraction of sp³-hybridized carbons (Fsp3) is 0.0909. The molecule has 2 aromatic heterocycles. The number of hydrogen-bond donors (Lipinski definition) is 1. The summed E-state index contributed by atoms with van der Waals surface area (Å²) < 4.78 is 20.2. The van der Waals surface area contributed by atoms with E-state index in [2.05, 4.69) is 10.4 Å². The third kappa shape index (κ3) is 3.44. The molecule has 2 heterocycles. The molecule has 0 aliphatic heterocycles. The summed E-state index contributed by atoms with van der Waals surface area (Å²) in [7, 11) is 0. The first-order chi connectivity index (χ1) is 13.5. The third-order valence-electron chi connectivity index (χ3n) is 4.40. The maximum absolute atomic E-state index is 13.1. The number of nitrogens with zero attached hydrogens (tertiary/aromatic N) is 2. The molecule has 4 rings (SSSR count). The Morgan fingerprint density at radius 3 is 2.54 bits per heavy atom. The molecular formula is C22H18FN3O2. The lowest BCUT2D eigenvalue weighted by molar-refractivity contribution is 0.101. The molecule has 0 fully saturated rings. The first-order valence-electron chi connectivity index (χ1n) is 8.80. The molecule has 0 radical (unpaired) electrons. The molecule has 0 spiro atoms. The van der Waals surface area contributed by atoms with Gasteiger partial charge in [-0.1, -0.05) is 17.7 Å². The fourth-order valence-corrected chi connectivity index (χ4v) is 3.04. The second kappa shape index (κ2) is 7.15. The van der Waals surface area contributed by atoms with Crippen molar-refractivity contribution in [3.63, 3.8) is 0 Å². The predicted octanol–water partition coefficient (Wildman–Crippen LogP) is 5.14. The van der Waals surface area contributed by atoms with Crippen LogP contribution in [0.4, 0.5) is 10.1 Å². The van der Waals surface area contributed by atoms with Crippen molar-refractivity contribution in [3.8, 4) is 17.1 Å². The maximum Gasteiger partial charge on any atom is 0.274 e. The Balaban J connectivity index is 1.78. The molecule has 6 heteroatoms. The molecule has 140 valence electrons. The molecule has 0 unspecified atom stereocenters. The van der Waals surface area contributed by atoms with Gasteiger partial charge in [-0.05, 0) is 61.9 Å². The molecule has 1 N–H and O–H groups in total. The normalized spacial score (nSPS) is 10.8. The van der Waals surface area contributed by atoms with Crippen LogP contribution in [0.1, 0.15) is 21.6 Å². The van der Waals surface area contributed by atoms with Gasteiger partial charge >= 0.3 is 0 Å². The zero-order valence-electron chi connectivity index (χ0n) is 15.4. The molecule has 0 aliphatic rings. The monoisotopic (exact) mass is 375 g/mol. The van der Waals surface area contributed by atoms with Crippen LogP contribution in [0, 0.1) is 19.7 Å². The summed E-state index contributed by atoms with van der Waals surface area (Å²) in [5.74, 6) is -0.144. The Bertz CT molecular complexity index is 1130. The van der Waals surface area contributed by atoms with Gasteiger partial charge in [0.25, 0.3) is 5.91 Å². The number of aryl methyl sites for hydroxylation is 2. The second-order valence-electron chi connectivity index (χ2n) is 6.55. The molecule has 2 aromatic carbocycles. The van der Waals surface area contributed by atoms with Crippen LogP contribution in [0.2, 0.25) is 0 Å². The van der Waals surface area contributed by atoms with E-state index in [1.165, 1.54) is 24.3 Å². The number of benzene rings is 2. The summed E-state index contributed by atoms with van der Waals surface area (Å²) in [6, 6.07) is 16.8. The van der Waals surface area contributed by atoms with Crippen LogP contribution >= 0.6 is 0 Å². The van der Waals surface area contributed by atoms with Gasteiger partial charge in [0.15, 0.2) is 5.76 Å². The van der Waals surface area contributed by atoms with Crippen molar-refractivity contribution >= 4 is 11.6 Å². The third-order valence-corrected chi connectivity index (χ3v) is 4.40. The number of carbonyl (C=O) groups is 1. The van der Waals surface area contributed by atoms with Crippen molar-refractivity contribution in [1.29, 1.82) is 0 Å². The predicted molar refractivity (Wildman–Crippen MR) is 105 cm³/mol. The molecular weight excluding hydrogens is 357 g/mol. The van der Waals surface area contributed by atoms with E-state index in [0.29, 0.717) is 22.8 Å². The van der Waals surface area contributed by atoms with Gasteiger partial charge < -0.3 is 9.73 Å². The molecule has 5 nitrogen and oxygen atoms in total. The van der Waals surface area contributed by atoms with E-state index in [4.69, 9.17) is 4.42 Å². The van der Waals surface area contributed by atoms with E-state index in [1.54, 1.807) is 29.1 Å². The average molecular weight is 375 g/mol. The zero-order valence-corrected chi connectivity index (χ0v) is 15.4. The number of carbonyl (C=O) groups excluding carboxylic acids is 1. The lowest BCUT2D eigenvalue weighted by Crippen LogP contribution is -2.17. The molecule has 0 bridgehead atoms. The summed E-state index contributed by atoms with van der Waals surface area (Å²) in [6.07, 6.45) is 1.56. The molecule has 0 saturated heterocycles. The number of amides is 1. The number of rotatable bonds is 4. The van der Waals surface area contributed by atoms with Crippen molar-refractivity contribution < 1.29 is 13.6 Å². The standard InChI is InChI=1S/C22H18FN3O2/c1-14-5-10-19(15(2)12-14)26-20(13-18(25-26)21-4-3-11-28-21)22(27)24-17-8-6-16(23)7-9-17/h3-13H,1-2H3,(H,24,27). The first-order valence-corrected chi connectivity index (χ1v) is 8.80. The van der Waals surface area contributed by atoms with Crippen molar-refractivity contribution in [1.82, 2.24) is 9.78 Å². The number of aromatic nitrogens is 2. The first kappa shape index (κ1) is 17.7. The van der Waals surface area contributed by atoms with Gasteiger partial charge in [-0.25, -0.2) is 9.07 Å². The highest BCUT2D eigenvalue weighted by molar-refractivity contribution is 6.04. The van der Waals surface area contributed by atoms with E-state index in [9.17, 15) is 9.18 Å². The van der Waals surface area contributed by atoms with Crippen molar-refractivity contribution in [2.75, 3.05) is 5.32 Å². The number of hydrogen-bond acceptors (Lipinski definition) is 3. The minimum atomic E-state index is -0.363. The lowest BCUT2D eigenvalue weighted by Gasteiger charge is -2.11. The van der Waals surface area contributed by atoms with Gasteiger partial charge in [-0.2, -0.15) is 5.10 Å². The van der Waals surface area contributed by atoms with Crippen LogP contribution in [0.3, 0.4) is 0 Å². The van der Waals surface area contributed by atoms with Crippen LogP contribution in [0.5, 0.6) is 0 Å². The molecule has 28 heavy (non-hydrogen) atoms. The van der Waals surface area contributed by atoms with E-state index in [0.717, 1.165) is 16.8 Å². The highest BCUT2D eigenvalue weighted by atomic mass is 19.1. The molecule has 0 aliphatic carbocycles. The second-order valence-corrected chi connectivity index (χ2v) is 6.55. The number of furan rings is 1. The van der Waals surface area contributed by atoms with Gasteiger partial charge in [-0.15, -0.1) is 0 Å². The van der Waals surface area contributed by atoms with Gasteiger partial charge in [0.2, 0.25) is 0 Å². The van der Waals surface area contributed by atoms with Crippen LogP contribution in [0.15, 0.2) is 71.3 Å². The van der Waals surface area contributed by atoms with Crippen molar-refractivity contribution in [2.45, 2.75) is 13.8 Å². The summed E-state index contributed by atoms with van der Waals surface area (Å²) >= 11 is 0. The van der Waals surface area contributed by atoms with Gasteiger partial charge in [0, 0.05) is 11.8 Å². The number of nitrogens with one attached hydrogen (secondary N) is 1.